The van der Waals surface area contributed by atoms with E-state index < -0.39 is 0 Å². The lowest BCUT2D eigenvalue weighted by Gasteiger charge is -2.39. The summed E-state index contributed by atoms with van der Waals surface area (Å²) in [4.78, 5) is 40.2. The van der Waals surface area contributed by atoms with Crippen molar-refractivity contribution in [2.45, 2.75) is 32.9 Å². The largest absolute Gasteiger partial charge is 0.336 e. The summed E-state index contributed by atoms with van der Waals surface area (Å²) < 4.78 is 0. The van der Waals surface area contributed by atoms with Gasteiger partial charge in [0.1, 0.15) is 6.54 Å². The van der Waals surface area contributed by atoms with Gasteiger partial charge >= 0.3 is 0 Å². The van der Waals surface area contributed by atoms with Gasteiger partial charge < -0.3 is 10.2 Å². The second-order valence-corrected chi connectivity index (χ2v) is 6.32. The van der Waals surface area contributed by atoms with E-state index in [1.807, 2.05) is 20.8 Å². The third kappa shape index (κ3) is 3.03. The topological polar surface area (TPSA) is 69.7 Å². The lowest BCUT2D eigenvalue weighted by molar-refractivity contribution is -0.135. The first-order valence-corrected chi connectivity index (χ1v) is 7.90. The molecule has 7 heteroatoms. The van der Waals surface area contributed by atoms with E-state index in [0.717, 1.165) is 17.0 Å². The minimum absolute atomic E-state index is 0. The molecule has 2 aliphatic rings. The number of piperazine rings is 1. The molecule has 0 radical (unpaired) electrons. The highest BCUT2D eigenvalue weighted by molar-refractivity contribution is 6.22. The Morgan fingerprint density at radius 3 is 2.58 bits per heavy atom. The fraction of sp³-hybridized carbons (Fsp3) is 0.471. The van der Waals surface area contributed by atoms with E-state index in [1.54, 1.807) is 23.1 Å². The summed E-state index contributed by atoms with van der Waals surface area (Å²) >= 11 is 0. The summed E-state index contributed by atoms with van der Waals surface area (Å²) in [6.07, 6.45) is 0. The van der Waals surface area contributed by atoms with Gasteiger partial charge in [0.15, 0.2) is 0 Å². The number of aryl methyl sites for hydroxylation is 1. The number of nitrogens with zero attached hydrogens (tertiary/aromatic N) is 2. The van der Waals surface area contributed by atoms with Crippen molar-refractivity contribution in [3.05, 3.63) is 34.9 Å². The fourth-order valence-corrected chi connectivity index (χ4v) is 3.18. The molecule has 6 nitrogen and oxygen atoms in total. The highest BCUT2D eigenvalue weighted by Crippen LogP contribution is 2.24. The lowest BCUT2D eigenvalue weighted by atomic mass is 10.1. The lowest BCUT2D eigenvalue weighted by Crippen LogP contribution is -2.59. The van der Waals surface area contributed by atoms with Crippen LogP contribution in [0.15, 0.2) is 18.2 Å². The predicted molar refractivity (Wildman–Crippen MR) is 92.4 cm³/mol. The Hall–Kier alpha value is -1.92. The molecule has 1 aromatic rings. The van der Waals surface area contributed by atoms with Crippen molar-refractivity contribution in [2.75, 3.05) is 19.6 Å². The molecule has 1 fully saturated rings. The Bertz CT molecular complexity index is 692. The third-order valence-corrected chi connectivity index (χ3v) is 4.77. The second kappa shape index (κ2) is 6.91. The van der Waals surface area contributed by atoms with Crippen LogP contribution < -0.4 is 5.32 Å². The van der Waals surface area contributed by atoms with Gasteiger partial charge in [-0.1, -0.05) is 11.6 Å². The van der Waals surface area contributed by atoms with Gasteiger partial charge in [-0.3, -0.25) is 19.3 Å². The standard InChI is InChI=1S/C17H21N3O3.ClH/c1-10-4-5-13-14(8-10)17(23)20(16(13)22)9-15(21)19-7-6-18-11(2)12(19)3;/h4-5,8,11-12,18H,6-7,9H2,1-3H3;1H. The van der Waals surface area contributed by atoms with Gasteiger partial charge in [0.2, 0.25) is 5.91 Å². The number of hydrogen-bond donors (Lipinski definition) is 1. The van der Waals surface area contributed by atoms with Crippen LogP contribution in [0.3, 0.4) is 0 Å². The van der Waals surface area contributed by atoms with Crippen LogP contribution in [0.4, 0.5) is 0 Å². The third-order valence-electron chi connectivity index (χ3n) is 4.77. The summed E-state index contributed by atoms with van der Waals surface area (Å²) in [5, 5.41) is 3.31. The highest BCUT2D eigenvalue weighted by atomic mass is 35.5. The van der Waals surface area contributed by atoms with Gasteiger partial charge in [0.05, 0.1) is 11.1 Å². The quantitative estimate of drug-likeness (QED) is 0.813. The molecule has 1 saturated heterocycles. The zero-order chi connectivity index (χ0) is 16.7. The van der Waals surface area contributed by atoms with Gasteiger partial charge in [-0.25, -0.2) is 0 Å². The first-order chi connectivity index (χ1) is 10.9. The fourth-order valence-electron chi connectivity index (χ4n) is 3.18. The van der Waals surface area contributed by atoms with Gasteiger partial charge in [0, 0.05) is 25.2 Å². The van der Waals surface area contributed by atoms with Crippen LogP contribution >= 0.6 is 12.4 Å². The van der Waals surface area contributed by atoms with Gasteiger partial charge in [-0.05, 0) is 32.9 Å². The number of imide groups is 1. The molecular weight excluding hydrogens is 330 g/mol. The molecule has 2 heterocycles. The maximum atomic E-state index is 12.6. The van der Waals surface area contributed by atoms with E-state index in [1.165, 1.54) is 0 Å². The molecule has 24 heavy (non-hydrogen) atoms. The maximum Gasteiger partial charge on any atom is 0.262 e. The van der Waals surface area contributed by atoms with Gasteiger partial charge in [-0.2, -0.15) is 0 Å². The average Bonchev–Trinajstić information content (AvgIpc) is 2.74. The Morgan fingerprint density at radius 2 is 1.88 bits per heavy atom. The first kappa shape index (κ1) is 18.4. The molecular formula is C17H22ClN3O3. The molecule has 2 atom stereocenters. The zero-order valence-electron chi connectivity index (χ0n) is 14.0. The molecule has 0 bridgehead atoms. The highest BCUT2D eigenvalue weighted by Gasteiger charge is 2.38. The van der Waals surface area contributed by atoms with E-state index in [0.29, 0.717) is 17.7 Å². The second-order valence-electron chi connectivity index (χ2n) is 6.32. The van der Waals surface area contributed by atoms with Crippen molar-refractivity contribution >= 4 is 30.1 Å². The van der Waals surface area contributed by atoms with E-state index in [2.05, 4.69) is 5.32 Å². The SMILES string of the molecule is Cc1ccc2c(c1)C(=O)N(CC(=O)N1CCNC(C)C1C)C2=O.Cl. The first-order valence-electron chi connectivity index (χ1n) is 7.90. The Labute approximate surface area is 147 Å². The van der Waals surface area contributed by atoms with E-state index in [-0.39, 0.29) is 48.8 Å². The van der Waals surface area contributed by atoms with Crippen LogP contribution in [0.5, 0.6) is 0 Å². The number of hydrogen-bond acceptors (Lipinski definition) is 4. The summed E-state index contributed by atoms with van der Waals surface area (Å²) in [5.74, 6) is -0.941. The molecule has 0 aliphatic carbocycles. The Morgan fingerprint density at radius 1 is 1.21 bits per heavy atom. The molecule has 3 rings (SSSR count). The van der Waals surface area contributed by atoms with Crippen molar-refractivity contribution in [2.24, 2.45) is 0 Å². The number of amides is 3. The van der Waals surface area contributed by atoms with Crippen LogP contribution in [0.1, 0.15) is 40.1 Å². The van der Waals surface area contributed by atoms with Crippen molar-refractivity contribution in [3.63, 3.8) is 0 Å². The Balaban J connectivity index is 0.00000208. The Kier molecular flexibility index (Phi) is 5.30. The molecule has 0 saturated carbocycles. The summed E-state index contributed by atoms with van der Waals surface area (Å²) in [5.41, 5.74) is 1.70. The smallest absolute Gasteiger partial charge is 0.262 e. The van der Waals surface area contributed by atoms with E-state index in [9.17, 15) is 14.4 Å². The average molecular weight is 352 g/mol. The summed E-state index contributed by atoms with van der Waals surface area (Å²) in [7, 11) is 0. The summed E-state index contributed by atoms with van der Waals surface area (Å²) in [6, 6.07) is 5.39. The van der Waals surface area contributed by atoms with E-state index >= 15 is 0 Å². The maximum absolute atomic E-state index is 12.6. The number of halogens is 1. The summed E-state index contributed by atoms with van der Waals surface area (Å²) in [6.45, 7) is 6.98. The number of rotatable bonds is 2. The van der Waals surface area contributed by atoms with Crippen LogP contribution in [0.25, 0.3) is 0 Å². The number of fused-ring (bicyclic) bond motifs is 1. The minimum atomic E-state index is -0.380. The van der Waals surface area contributed by atoms with Crippen molar-refractivity contribution in [1.29, 1.82) is 0 Å². The molecule has 0 spiro atoms. The number of nitrogens with one attached hydrogen (secondary N) is 1. The van der Waals surface area contributed by atoms with Crippen molar-refractivity contribution in [1.82, 2.24) is 15.1 Å². The molecule has 1 aromatic carbocycles. The molecule has 1 N–H and O–H groups in total. The van der Waals surface area contributed by atoms with Crippen molar-refractivity contribution in [3.8, 4) is 0 Å². The van der Waals surface area contributed by atoms with Crippen LogP contribution in [0, 0.1) is 6.92 Å². The molecule has 0 aromatic heterocycles. The zero-order valence-corrected chi connectivity index (χ0v) is 14.9. The van der Waals surface area contributed by atoms with E-state index in [4.69, 9.17) is 0 Å². The molecule has 130 valence electrons. The number of carbonyl (C=O) groups is 3. The molecule has 2 unspecified atom stereocenters. The van der Waals surface area contributed by atoms with Crippen LogP contribution in [-0.4, -0.2) is 59.2 Å². The number of benzene rings is 1. The van der Waals surface area contributed by atoms with Crippen LogP contribution in [-0.2, 0) is 4.79 Å². The predicted octanol–water partition coefficient (Wildman–Crippen LogP) is 1.22. The van der Waals surface area contributed by atoms with Gasteiger partial charge in [0.25, 0.3) is 11.8 Å². The monoisotopic (exact) mass is 351 g/mol. The van der Waals surface area contributed by atoms with Gasteiger partial charge in [-0.15, -0.1) is 12.4 Å². The minimum Gasteiger partial charge on any atom is -0.336 e. The van der Waals surface area contributed by atoms with Crippen molar-refractivity contribution < 1.29 is 14.4 Å². The normalized spacial score (nSPS) is 23.1. The number of carbonyl (C=O) groups excluding carboxylic acids is 3. The van der Waals surface area contributed by atoms with Crippen LogP contribution in [0.2, 0.25) is 0 Å². The molecule has 2 aliphatic heterocycles. The molecule has 3 amide bonds.